The fraction of sp³-hybridized carbons (Fsp3) is 0.409. The summed E-state index contributed by atoms with van der Waals surface area (Å²) in [6.45, 7) is 4.22. The van der Waals surface area contributed by atoms with Crippen LogP contribution in [0.25, 0.3) is 0 Å². The van der Waals surface area contributed by atoms with E-state index in [1.807, 2.05) is 43.4 Å². The standard InChI is InChI=1S/C22H30N4O3.HI/c1-23-22(24-16-17-9-10-18(27-2)15-21(17)29-4)26-13-11-25(12-14-26)19-7-5-6-8-20(19)28-3;/h5-10,15H,11-14,16H2,1-4H3,(H,23,24);1H. The molecule has 7 nitrogen and oxygen atoms in total. The van der Waals surface area contributed by atoms with Crippen LogP contribution in [0.15, 0.2) is 47.5 Å². The fourth-order valence-corrected chi connectivity index (χ4v) is 3.55. The van der Waals surface area contributed by atoms with E-state index in [-0.39, 0.29) is 24.0 Å². The van der Waals surface area contributed by atoms with Gasteiger partial charge in [-0.15, -0.1) is 24.0 Å². The lowest BCUT2D eigenvalue weighted by Gasteiger charge is -2.38. The number of hydrogen-bond acceptors (Lipinski definition) is 5. The Kier molecular flexibility index (Phi) is 9.35. The number of anilines is 1. The first kappa shape index (κ1) is 23.9. The molecule has 3 rings (SSSR count). The van der Waals surface area contributed by atoms with Crippen LogP contribution in [-0.4, -0.2) is 65.4 Å². The summed E-state index contributed by atoms with van der Waals surface area (Å²) in [6.07, 6.45) is 0. The fourth-order valence-electron chi connectivity index (χ4n) is 3.55. The highest BCUT2D eigenvalue weighted by Crippen LogP contribution is 2.28. The number of rotatable bonds is 6. The number of methoxy groups -OCH3 is 3. The molecule has 8 heteroatoms. The van der Waals surface area contributed by atoms with E-state index in [0.29, 0.717) is 6.54 Å². The molecule has 1 N–H and O–H groups in total. The van der Waals surface area contributed by atoms with Gasteiger partial charge < -0.3 is 29.3 Å². The lowest BCUT2D eigenvalue weighted by atomic mass is 10.2. The maximum Gasteiger partial charge on any atom is 0.194 e. The van der Waals surface area contributed by atoms with Crippen molar-refractivity contribution in [3.8, 4) is 17.2 Å². The minimum Gasteiger partial charge on any atom is -0.497 e. The number of hydrogen-bond donors (Lipinski definition) is 1. The lowest BCUT2D eigenvalue weighted by molar-refractivity contribution is 0.365. The highest BCUT2D eigenvalue weighted by Gasteiger charge is 2.21. The topological polar surface area (TPSA) is 58.6 Å². The van der Waals surface area contributed by atoms with Crippen LogP contribution in [0, 0.1) is 0 Å². The summed E-state index contributed by atoms with van der Waals surface area (Å²) in [7, 11) is 6.86. The molecule has 1 fully saturated rings. The number of halogens is 1. The number of nitrogens with zero attached hydrogens (tertiary/aromatic N) is 3. The number of nitrogens with one attached hydrogen (secondary N) is 1. The first-order valence-corrected chi connectivity index (χ1v) is 9.74. The van der Waals surface area contributed by atoms with Gasteiger partial charge in [0.15, 0.2) is 5.96 Å². The van der Waals surface area contributed by atoms with Gasteiger partial charge in [0.25, 0.3) is 0 Å². The molecule has 0 radical (unpaired) electrons. The summed E-state index contributed by atoms with van der Waals surface area (Å²) in [5.74, 6) is 3.38. The molecular weight excluding hydrogens is 495 g/mol. The molecule has 0 amide bonds. The van der Waals surface area contributed by atoms with E-state index in [4.69, 9.17) is 14.2 Å². The van der Waals surface area contributed by atoms with Crippen LogP contribution >= 0.6 is 24.0 Å². The minimum atomic E-state index is 0. The molecule has 1 heterocycles. The molecule has 1 aliphatic heterocycles. The Morgan fingerprint density at radius 3 is 2.27 bits per heavy atom. The second-order valence-electron chi connectivity index (χ2n) is 6.72. The first-order valence-electron chi connectivity index (χ1n) is 9.74. The van der Waals surface area contributed by atoms with Crippen LogP contribution < -0.4 is 24.4 Å². The third-order valence-corrected chi connectivity index (χ3v) is 5.15. The third kappa shape index (κ3) is 5.62. The molecule has 0 spiro atoms. The van der Waals surface area contributed by atoms with Gasteiger partial charge in [-0.1, -0.05) is 12.1 Å². The summed E-state index contributed by atoms with van der Waals surface area (Å²) < 4.78 is 16.3. The summed E-state index contributed by atoms with van der Waals surface area (Å²) in [6, 6.07) is 14.0. The average molecular weight is 526 g/mol. The maximum atomic E-state index is 5.51. The SMILES string of the molecule is CN=C(NCc1ccc(OC)cc1OC)N1CCN(c2ccccc2OC)CC1.I. The molecular formula is C22H31IN4O3. The smallest absolute Gasteiger partial charge is 0.194 e. The van der Waals surface area contributed by atoms with Gasteiger partial charge in [0.1, 0.15) is 17.2 Å². The van der Waals surface area contributed by atoms with Crippen molar-refractivity contribution >= 4 is 35.6 Å². The monoisotopic (exact) mass is 526 g/mol. The predicted molar refractivity (Wildman–Crippen MR) is 132 cm³/mol. The van der Waals surface area contributed by atoms with Crippen molar-refractivity contribution in [2.45, 2.75) is 6.54 Å². The normalized spacial score (nSPS) is 14.1. The average Bonchev–Trinajstić information content (AvgIpc) is 2.79. The Morgan fingerprint density at radius 2 is 1.63 bits per heavy atom. The van der Waals surface area contributed by atoms with Crippen molar-refractivity contribution in [2.24, 2.45) is 4.99 Å². The molecule has 1 saturated heterocycles. The van der Waals surface area contributed by atoms with Gasteiger partial charge in [0.2, 0.25) is 0 Å². The lowest BCUT2D eigenvalue weighted by Crippen LogP contribution is -2.52. The summed E-state index contributed by atoms with van der Waals surface area (Å²) in [5.41, 5.74) is 2.20. The molecule has 0 aliphatic carbocycles. The Bertz CT molecular complexity index is 839. The predicted octanol–water partition coefficient (Wildman–Crippen LogP) is 3.23. The second kappa shape index (κ2) is 11.7. The van der Waals surface area contributed by atoms with E-state index in [1.54, 1.807) is 21.3 Å². The van der Waals surface area contributed by atoms with Crippen LogP contribution in [-0.2, 0) is 6.54 Å². The Balaban J connectivity index is 0.00000320. The molecule has 0 saturated carbocycles. The maximum absolute atomic E-state index is 5.51. The van der Waals surface area contributed by atoms with Crippen molar-refractivity contribution in [2.75, 3.05) is 59.5 Å². The first-order chi connectivity index (χ1) is 14.2. The van der Waals surface area contributed by atoms with Crippen LogP contribution in [0.3, 0.4) is 0 Å². The van der Waals surface area contributed by atoms with E-state index >= 15 is 0 Å². The van der Waals surface area contributed by atoms with Crippen molar-refractivity contribution in [3.63, 3.8) is 0 Å². The van der Waals surface area contributed by atoms with Gasteiger partial charge in [0, 0.05) is 51.4 Å². The highest BCUT2D eigenvalue weighted by atomic mass is 127. The van der Waals surface area contributed by atoms with Gasteiger partial charge in [-0.3, -0.25) is 4.99 Å². The van der Waals surface area contributed by atoms with Crippen molar-refractivity contribution in [1.29, 1.82) is 0 Å². The van der Waals surface area contributed by atoms with Gasteiger partial charge in [-0.25, -0.2) is 0 Å². The van der Waals surface area contributed by atoms with Crippen molar-refractivity contribution in [1.82, 2.24) is 10.2 Å². The largest absolute Gasteiger partial charge is 0.497 e. The number of ether oxygens (including phenoxy) is 3. The van der Waals surface area contributed by atoms with Crippen LogP contribution in [0.5, 0.6) is 17.2 Å². The molecule has 0 bridgehead atoms. The van der Waals surface area contributed by atoms with Gasteiger partial charge in [-0.05, 0) is 24.3 Å². The Hall–Kier alpha value is -2.36. The summed E-state index contributed by atoms with van der Waals surface area (Å²) in [4.78, 5) is 9.11. The van der Waals surface area contributed by atoms with E-state index in [1.165, 1.54) is 0 Å². The quantitative estimate of drug-likeness (QED) is 0.355. The molecule has 30 heavy (non-hydrogen) atoms. The Morgan fingerprint density at radius 1 is 0.933 bits per heavy atom. The number of benzene rings is 2. The number of guanidine groups is 1. The van der Waals surface area contributed by atoms with Gasteiger partial charge in [0.05, 0.1) is 27.0 Å². The second-order valence-corrected chi connectivity index (χ2v) is 6.72. The van der Waals surface area contributed by atoms with Gasteiger partial charge >= 0.3 is 0 Å². The summed E-state index contributed by atoms with van der Waals surface area (Å²) in [5, 5.41) is 3.46. The molecule has 1 aliphatic rings. The number of aliphatic imine (C=N–C) groups is 1. The van der Waals surface area contributed by atoms with Gasteiger partial charge in [-0.2, -0.15) is 0 Å². The molecule has 0 unspecified atom stereocenters. The van der Waals surface area contributed by atoms with Crippen LogP contribution in [0.2, 0.25) is 0 Å². The zero-order chi connectivity index (χ0) is 20.6. The van der Waals surface area contributed by atoms with Crippen LogP contribution in [0.4, 0.5) is 5.69 Å². The number of para-hydroxylation sites is 2. The molecule has 2 aromatic rings. The molecule has 164 valence electrons. The summed E-state index contributed by atoms with van der Waals surface area (Å²) >= 11 is 0. The van der Waals surface area contributed by atoms with Crippen molar-refractivity contribution < 1.29 is 14.2 Å². The zero-order valence-corrected chi connectivity index (χ0v) is 20.4. The van der Waals surface area contributed by atoms with Crippen molar-refractivity contribution in [3.05, 3.63) is 48.0 Å². The van der Waals surface area contributed by atoms with E-state index in [2.05, 4.69) is 26.2 Å². The molecule has 0 atom stereocenters. The van der Waals surface area contributed by atoms with E-state index in [0.717, 1.165) is 60.6 Å². The number of piperazine rings is 1. The third-order valence-electron chi connectivity index (χ3n) is 5.15. The molecule has 2 aromatic carbocycles. The molecule has 0 aromatic heterocycles. The minimum absolute atomic E-state index is 0. The van der Waals surface area contributed by atoms with E-state index < -0.39 is 0 Å². The Labute approximate surface area is 196 Å². The highest BCUT2D eigenvalue weighted by molar-refractivity contribution is 14.0. The van der Waals surface area contributed by atoms with Crippen LogP contribution in [0.1, 0.15) is 5.56 Å². The van der Waals surface area contributed by atoms with E-state index in [9.17, 15) is 0 Å². The zero-order valence-electron chi connectivity index (χ0n) is 18.1.